The molecule has 0 saturated heterocycles. The highest BCUT2D eigenvalue weighted by molar-refractivity contribution is 9.10. The molecule has 0 heterocycles. The molecule has 0 aliphatic carbocycles. The van der Waals surface area contributed by atoms with E-state index in [1.807, 2.05) is 13.8 Å². The number of rotatable bonds is 8. The van der Waals surface area contributed by atoms with Crippen molar-refractivity contribution in [1.82, 2.24) is 10.0 Å². The van der Waals surface area contributed by atoms with E-state index < -0.39 is 16.1 Å². The van der Waals surface area contributed by atoms with E-state index in [1.165, 1.54) is 12.1 Å². The molecule has 1 aromatic carbocycles. The van der Waals surface area contributed by atoms with Gasteiger partial charge in [-0.1, -0.05) is 29.8 Å². The van der Waals surface area contributed by atoms with Crippen LogP contribution in [0.2, 0.25) is 0 Å². The molecule has 0 fully saturated rings. The van der Waals surface area contributed by atoms with Crippen LogP contribution in [0.4, 0.5) is 4.79 Å². The average Bonchev–Trinajstić information content (AvgIpc) is 2.45. The Labute approximate surface area is 146 Å². The molecule has 8 heteroatoms. The van der Waals surface area contributed by atoms with Crippen LogP contribution in [-0.2, 0) is 14.8 Å². The molecule has 23 heavy (non-hydrogen) atoms. The van der Waals surface area contributed by atoms with Gasteiger partial charge in [-0.2, -0.15) is 0 Å². The van der Waals surface area contributed by atoms with E-state index in [2.05, 4.69) is 26.0 Å². The van der Waals surface area contributed by atoms with E-state index in [0.717, 1.165) is 4.47 Å². The van der Waals surface area contributed by atoms with Crippen LogP contribution in [0.3, 0.4) is 0 Å². The van der Waals surface area contributed by atoms with Gasteiger partial charge in [0.05, 0.1) is 11.5 Å². The fourth-order valence-electron chi connectivity index (χ4n) is 2.01. The van der Waals surface area contributed by atoms with E-state index in [1.54, 1.807) is 19.1 Å². The predicted molar refractivity (Wildman–Crippen MR) is 92.7 cm³/mol. The highest BCUT2D eigenvalue weighted by atomic mass is 79.9. The molecule has 6 nitrogen and oxygen atoms in total. The molecular formula is C15H23BrN2O4S. The number of nitrogens with one attached hydrogen (secondary N) is 2. The van der Waals surface area contributed by atoms with Crippen LogP contribution in [0, 0.1) is 5.92 Å². The lowest BCUT2D eigenvalue weighted by molar-refractivity contribution is 0.146. The van der Waals surface area contributed by atoms with Crippen LogP contribution >= 0.6 is 15.9 Å². The SMILES string of the molecule is CCOC(=O)NC(CNS(=O)(=O)c1ccc(Br)cc1)CC(C)C. The number of carbonyl (C=O) groups excluding carboxylic acids is 1. The average molecular weight is 407 g/mol. The van der Waals surface area contributed by atoms with Crippen molar-refractivity contribution in [2.75, 3.05) is 13.2 Å². The van der Waals surface area contributed by atoms with Gasteiger partial charge in [-0.15, -0.1) is 0 Å². The van der Waals surface area contributed by atoms with Crippen molar-refractivity contribution in [2.24, 2.45) is 5.92 Å². The van der Waals surface area contributed by atoms with E-state index >= 15 is 0 Å². The van der Waals surface area contributed by atoms with Gasteiger partial charge in [0, 0.05) is 17.1 Å². The summed E-state index contributed by atoms with van der Waals surface area (Å²) in [5, 5.41) is 2.69. The molecule has 0 aromatic heterocycles. The van der Waals surface area contributed by atoms with Crippen molar-refractivity contribution in [1.29, 1.82) is 0 Å². The summed E-state index contributed by atoms with van der Waals surface area (Å²) in [4.78, 5) is 11.7. The Morgan fingerprint density at radius 2 is 1.87 bits per heavy atom. The van der Waals surface area contributed by atoms with Crippen LogP contribution in [-0.4, -0.2) is 33.7 Å². The fraction of sp³-hybridized carbons (Fsp3) is 0.533. The van der Waals surface area contributed by atoms with Crippen molar-refractivity contribution in [3.8, 4) is 0 Å². The molecule has 0 saturated carbocycles. The van der Waals surface area contributed by atoms with Crippen molar-refractivity contribution in [3.63, 3.8) is 0 Å². The monoisotopic (exact) mass is 406 g/mol. The quantitative estimate of drug-likeness (QED) is 0.694. The summed E-state index contributed by atoms with van der Waals surface area (Å²) in [5.74, 6) is 0.305. The third-order valence-corrected chi connectivity index (χ3v) is 4.97. The number of amides is 1. The highest BCUT2D eigenvalue weighted by Gasteiger charge is 2.19. The maximum atomic E-state index is 12.3. The maximum absolute atomic E-state index is 12.3. The van der Waals surface area contributed by atoms with Gasteiger partial charge in [0.15, 0.2) is 0 Å². The number of halogens is 1. The Morgan fingerprint density at radius 1 is 1.26 bits per heavy atom. The molecule has 0 spiro atoms. The van der Waals surface area contributed by atoms with E-state index in [9.17, 15) is 13.2 Å². The molecule has 2 N–H and O–H groups in total. The molecule has 0 bridgehead atoms. The largest absolute Gasteiger partial charge is 0.450 e. The van der Waals surface area contributed by atoms with Crippen molar-refractivity contribution < 1.29 is 17.9 Å². The van der Waals surface area contributed by atoms with Gasteiger partial charge in [0.2, 0.25) is 10.0 Å². The molecule has 1 atom stereocenters. The van der Waals surface area contributed by atoms with E-state index in [-0.39, 0.29) is 24.1 Å². The molecule has 1 rings (SSSR count). The first-order chi connectivity index (χ1) is 10.7. The minimum atomic E-state index is -3.62. The Balaban J connectivity index is 2.71. The van der Waals surface area contributed by atoms with Crippen molar-refractivity contribution in [2.45, 2.75) is 38.1 Å². The van der Waals surface area contributed by atoms with Gasteiger partial charge in [-0.25, -0.2) is 17.9 Å². The third-order valence-electron chi connectivity index (χ3n) is 3.00. The summed E-state index contributed by atoms with van der Waals surface area (Å²) in [6.45, 7) is 6.10. The molecule has 1 aromatic rings. The van der Waals surface area contributed by atoms with Gasteiger partial charge in [0.1, 0.15) is 0 Å². The zero-order valence-electron chi connectivity index (χ0n) is 13.5. The first-order valence-corrected chi connectivity index (χ1v) is 9.70. The maximum Gasteiger partial charge on any atom is 0.407 e. The molecule has 0 aliphatic rings. The summed E-state index contributed by atoms with van der Waals surface area (Å²) >= 11 is 3.27. The lowest BCUT2D eigenvalue weighted by Crippen LogP contribution is -2.44. The summed E-state index contributed by atoms with van der Waals surface area (Å²) in [7, 11) is -3.62. The van der Waals surface area contributed by atoms with Crippen LogP contribution in [0.1, 0.15) is 27.2 Å². The minimum Gasteiger partial charge on any atom is -0.450 e. The summed E-state index contributed by atoms with van der Waals surface area (Å²) in [6, 6.07) is 6.03. The second-order valence-corrected chi connectivity index (χ2v) is 8.18. The topological polar surface area (TPSA) is 84.5 Å². The number of benzene rings is 1. The Hall–Kier alpha value is -1.12. The number of hydrogen-bond donors (Lipinski definition) is 2. The van der Waals surface area contributed by atoms with Crippen LogP contribution in [0.5, 0.6) is 0 Å². The first kappa shape index (κ1) is 19.9. The van der Waals surface area contributed by atoms with Crippen molar-refractivity contribution >= 4 is 32.0 Å². The molecular weight excluding hydrogens is 384 g/mol. The lowest BCUT2D eigenvalue weighted by atomic mass is 10.0. The number of hydrogen-bond acceptors (Lipinski definition) is 4. The predicted octanol–water partition coefficient (Wildman–Crippen LogP) is 2.89. The summed E-state index contributed by atoms with van der Waals surface area (Å²) < 4.78 is 32.7. The lowest BCUT2D eigenvalue weighted by Gasteiger charge is -2.20. The molecule has 130 valence electrons. The normalized spacial score (nSPS) is 12.9. The Bertz CT molecular complexity index is 602. The molecule has 0 radical (unpaired) electrons. The van der Waals surface area contributed by atoms with Gasteiger partial charge < -0.3 is 10.1 Å². The van der Waals surface area contributed by atoms with Crippen LogP contribution in [0.15, 0.2) is 33.6 Å². The van der Waals surface area contributed by atoms with E-state index in [4.69, 9.17) is 4.74 Å². The van der Waals surface area contributed by atoms with Gasteiger partial charge in [-0.05, 0) is 43.5 Å². The summed E-state index contributed by atoms with van der Waals surface area (Å²) in [6.07, 6.45) is 0.0998. The smallest absolute Gasteiger partial charge is 0.407 e. The summed E-state index contributed by atoms with van der Waals surface area (Å²) in [5.41, 5.74) is 0. The van der Waals surface area contributed by atoms with Crippen LogP contribution in [0.25, 0.3) is 0 Å². The Morgan fingerprint density at radius 3 is 2.39 bits per heavy atom. The second-order valence-electron chi connectivity index (χ2n) is 5.50. The first-order valence-electron chi connectivity index (χ1n) is 7.43. The third kappa shape index (κ3) is 7.32. The van der Waals surface area contributed by atoms with Crippen LogP contribution < -0.4 is 10.0 Å². The second kappa shape index (κ2) is 9.24. The van der Waals surface area contributed by atoms with Crippen molar-refractivity contribution in [3.05, 3.63) is 28.7 Å². The zero-order chi connectivity index (χ0) is 17.5. The Kier molecular flexibility index (Phi) is 8.01. The number of sulfonamides is 1. The zero-order valence-corrected chi connectivity index (χ0v) is 15.9. The van der Waals surface area contributed by atoms with Gasteiger partial charge in [0.25, 0.3) is 0 Å². The van der Waals surface area contributed by atoms with Gasteiger partial charge >= 0.3 is 6.09 Å². The molecule has 0 aliphatic heterocycles. The van der Waals surface area contributed by atoms with E-state index in [0.29, 0.717) is 12.3 Å². The number of ether oxygens (including phenoxy) is 1. The standard InChI is InChI=1S/C15H23BrN2O4S/c1-4-22-15(19)18-13(9-11(2)3)10-17-23(20,21)14-7-5-12(16)6-8-14/h5-8,11,13,17H,4,9-10H2,1-3H3,(H,18,19). The minimum absolute atomic E-state index is 0.107. The van der Waals surface area contributed by atoms with Gasteiger partial charge in [-0.3, -0.25) is 0 Å². The number of carbonyl (C=O) groups is 1. The number of alkyl carbamates (subject to hydrolysis) is 1. The molecule has 1 amide bonds. The molecule has 1 unspecified atom stereocenters. The fourth-order valence-corrected chi connectivity index (χ4v) is 3.36. The highest BCUT2D eigenvalue weighted by Crippen LogP contribution is 2.14.